The van der Waals surface area contributed by atoms with E-state index in [0.717, 1.165) is 22.4 Å². The van der Waals surface area contributed by atoms with Gasteiger partial charge >= 0.3 is 0 Å². The number of aryl methyl sites for hydroxylation is 3. The highest BCUT2D eigenvalue weighted by Crippen LogP contribution is 2.31. The van der Waals surface area contributed by atoms with Crippen molar-refractivity contribution in [2.75, 3.05) is 11.9 Å². The van der Waals surface area contributed by atoms with Crippen LogP contribution in [0.25, 0.3) is 21.9 Å². The molecule has 1 heterocycles. The lowest BCUT2D eigenvalue weighted by Gasteiger charge is -2.11. The van der Waals surface area contributed by atoms with Crippen LogP contribution in [0.1, 0.15) is 16.7 Å². The molecule has 4 aromatic rings. The predicted molar refractivity (Wildman–Crippen MR) is 116 cm³/mol. The van der Waals surface area contributed by atoms with Crippen LogP contribution in [0.3, 0.4) is 0 Å². The van der Waals surface area contributed by atoms with Crippen LogP contribution in [0.4, 0.5) is 5.69 Å². The molecule has 0 fully saturated rings. The number of fused-ring (bicyclic) bond motifs is 2. The van der Waals surface area contributed by atoms with Gasteiger partial charge < -0.3 is 19.6 Å². The van der Waals surface area contributed by atoms with Crippen molar-refractivity contribution in [1.29, 1.82) is 0 Å². The van der Waals surface area contributed by atoms with Crippen LogP contribution < -0.4 is 15.5 Å². The topological polar surface area (TPSA) is 88.8 Å². The van der Waals surface area contributed by atoms with Crippen molar-refractivity contribution in [2.24, 2.45) is 0 Å². The molecule has 6 nitrogen and oxygen atoms in total. The van der Waals surface area contributed by atoms with Gasteiger partial charge in [-0.25, -0.2) is 0 Å². The second-order valence-electron chi connectivity index (χ2n) is 7.35. The van der Waals surface area contributed by atoms with Crippen LogP contribution >= 0.6 is 0 Å². The lowest BCUT2D eigenvalue weighted by molar-refractivity contribution is -0.118. The summed E-state index contributed by atoms with van der Waals surface area (Å²) in [6.45, 7) is 5.44. The largest absolute Gasteiger partial charge is 0.507 e. The number of ether oxygens (including phenoxy) is 1. The van der Waals surface area contributed by atoms with E-state index in [9.17, 15) is 14.7 Å². The summed E-state index contributed by atoms with van der Waals surface area (Å²) in [7, 11) is 0. The second kappa shape index (κ2) is 7.55. The van der Waals surface area contributed by atoms with E-state index in [1.54, 1.807) is 12.1 Å². The van der Waals surface area contributed by atoms with Crippen molar-refractivity contribution < 1.29 is 19.1 Å². The molecular formula is C24H21NO5. The molecule has 0 spiro atoms. The number of phenols is 1. The van der Waals surface area contributed by atoms with Gasteiger partial charge in [0, 0.05) is 17.8 Å². The predicted octanol–water partition coefficient (Wildman–Crippen LogP) is 4.59. The molecule has 4 rings (SSSR count). The number of rotatable bonds is 4. The van der Waals surface area contributed by atoms with E-state index in [1.807, 2.05) is 45.0 Å². The molecule has 0 atom stereocenters. The molecule has 6 heteroatoms. The first-order valence-corrected chi connectivity index (χ1v) is 9.52. The molecular weight excluding hydrogens is 382 g/mol. The maximum atomic E-state index is 12.8. The third-order valence-corrected chi connectivity index (χ3v) is 4.99. The third-order valence-electron chi connectivity index (χ3n) is 4.99. The van der Waals surface area contributed by atoms with Crippen LogP contribution in [0.2, 0.25) is 0 Å². The van der Waals surface area contributed by atoms with E-state index in [1.165, 1.54) is 12.1 Å². The molecule has 0 aliphatic carbocycles. The van der Waals surface area contributed by atoms with Gasteiger partial charge in [-0.1, -0.05) is 24.3 Å². The lowest BCUT2D eigenvalue weighted by Crippen LogP contribution is -2.20. The third kappa shape index (κ3) is 3.59. The van der Waals surface area contributed by atoms with Crippen molar-refractivity contribution in [3.63, 3.8) is 0 Å². The van der Waals surface area contributed by atoms with Gasteiger partial charge in [-0.2, -0.15) is 0 Å². The van der Waals surface area contributed by atoms with Gasteiger partial charge in [0.25, 0.3) is 5.91 Å². The number of carbonyl (C=O) groups excluding carboxylic acids is 1. The zero-order valence-electron chi connectivity index (χ0n) is 16.9. The normalized spacial score (nSPS) is 11.0. The number of carbonyl (C=O) groups is 1. The maximum absolute atomic E-state index is 12.8. The summed E-state index contributed by atoms with van der Waals surface area (Å²) in [5.74, 6) is -0.360. The Morgan fingerprint density at radius 2 is 1.87 bits per heavy atom. The van der Waals surface area contributed by atoms with Crippen molar-refractivity contribution in [3.05, 3.63) is 75.4 Å². The Balaban J connectivity index is 1.61. The van der Waals surface area contributed by atoms with Crippen LogP contribution in [-0.4, -0.2) is 17.6 Å². The van der Waals surface area contributed by atoms with E-state index in [0.29, 0.717) is 11.0 Å². The molecule has 1 aromatic heterocycles. The molecule has 30 heavy (non-hydrogen) atoms. The summed E-state index contributed by atoms with van der Waals surface area (Å²) in [6.07, 6.45) is 0. The van der Waals surface area contributed by atoms with Crippen LogP contribution in [0.5, 0.6) is 11.5 Å². The summed E-state index contributed by atoms with van der Waals surface area (Å²) >= 11 is 0. The molecule has 0 aliphatic heterocycles. The average Bonchev–Trinajstić information content (AvgIpc) is 2.70. The lowest BCUT2D eigenvalue weighted by atomic mass is 10.1. The molecule has 0 unspecified atom stereocenters. The fourth-order valence-corrected chi connectivity index (χ4v) is 3.39. The Morgan fingerprint density at radius 1 is 1.07 bits per heavy atom. The quantitative estimate of drug-likeness (QED) is 0.487. The Kier molecular flexibility index (Phi) is 4.91. The smallest absolute Gasteiger partial charge is 0.262 e. The van der Waals surface area contributed by atoms with Gasteiger partial charge in [0.1, 0.15) is 28.1 Å². The van der Waals surface area contributed by atoms with Gasteiger partial charge in [-0.3, -0.25) is 9.59 Å². The van der Waals surface area contributed by atoms with E-state index >= 15 is 0 Å². The van der Waals surface area contributed by atoms with Gasteiger partial charge in [0.15, 0.2) is 6.61 Å². The van der Waals surface area contributed by atoms with E-state index < -0.39 is 0 Å². The van der Waals surface area contributed by atoms with Gasteiger partial charge in [0.05, 0.1) is 5.39 Å². The molecule has 3 aromatic carbocycles. The number of amides is 1. The van der Waals surface area contributed by atoms with E-state index in [4.69, 9.17) is 9.15 Å². The van der Waals surface area contributed by atoms with Crippen molar-refractivity contribution in [3.8, 4) is 11.5 Å². The molecule has 152 valence electrons. The van der Waals surface area contributed by atoms with Gasteiger partial charge in [-0.05, 0) is 49.6 Å². The Morgan fingerprint density at radius 3 is 2.67 bits per heavy atom. The molecule has 0 aliphatic rings. The van der Waals surface area contributed by atoms with Crippen LogP contribution in [0.15, 0.2) is 57.7 Å². The molecule has 2 N–H and O–H groups in total. The molecule has 0 radical (unpaired) electrons. The van der Waals surface area contributed by atoms with Crippen molar-refractivity contribution in [2.45, 2.75) is 20.8 Å². The number of hydrogen-bond acceptors (Lipinski definition) is 5. The second-order valence-corrected chi connectivity index (χ2v) is 7.35. The summed E-state index contributed by atoms with van der Waals surface area (Å²) < 4.78 is 11.4. The molecule has 0 bridgehead atoms. The first-order chi connectivity index (χ1) is 14.3. The number of aromatic hydroxyl groups is 1. The Labute approximate surface area is 172 Å². The van der Waals surface area contributed by atoms with Crippen LogP contribution in [-0.2, 0) is 4.79 Å². The summed E-state index contributed by atoms with van der Waals surface area (Å²) in [4.78, 5) is 25.1. The fraction of sp³-hybridized carbons (Fsp3) is 0.167. The van der Waals surface area contributed by atoms with Crippen molar-refractivity contribution >= 4 is 33.5 Å². The molecule has 0 saturated carbocycles. The highest BCUT2D eigenvalue weighted by Gasteiger charge is 2.15. The SMILES string of the molecule is Cc1ccc(C)c(NC(=O)COc2cc(O)c3c(=O)c4cccc(C)c4oc3c2)c1. The number of nitrogens with one attached hydrogen (secondary N) is 1. The monoisotopic (exact) mass is 403 g/mol. The Hall–Kier alpha value is -3.80. The highest BCUT2D eigenvalue weighted by molar-refractivity contribution is 5.95. The van der Waals surface area contributed by atoms with Gasteiger partial charge in [-0.15, -0.1) is 0 Å². The van der Waals surface area contributed by atoms with E-state index in [2.05, 4.69) is 5.32 Å². The highest BCUT2D eigenvalue weighted by atomic mass is 16.5. The standard InChI is InChI=1S/C24H21NO5/c1-13-7-8-14(2)18(9-13)25-21(27)12-29-16-10-19(26)22-20(11-16)30-24-15(3)5-4-6-17(24)23(22)28/h4-11,26H,12H2,1-3H3,(H,25,27). The average molecular weight is 403 g/mol. The minimum Gasteiger partial charge on any atom is -0.507 e. The first kappa shape index (κ1) is 19.5. The minimum absolute atomic E-state index is 0.0836. The number of benzene rings is 3. The van der Waals surface area contributed by atoms with E-state index in [-0.39, 0.29) is 40.4 Å². The number of hydrogen-bond donors (Lipinski definition) is 2. The summed E-state index contributed by atoms with van der Waals surface area (Å²) in [5, 5.41) is 13.7. The summed E-state index contributed by atoms with van der Waals surface area (Å²) in [5.41, 5.74) is 3.86. The number of para-hydroxylation sites is 1. The minimum atomic E-state index is -0.334. The van der Waals surface area contributed by atoms with Gasteiger partial charge in [0.2, 0.25) is 5.43 Å². The Bertz CT molecular complexity index is 1350. The first-order valence-electron chi connectivity index (χ1n) is 9.52. The van der Waals surface area contributed by atoms with Crippen molar-refractivity contribution in [1.82, 2.24) is 0 Å². The zero-order valence-corrected chi connectivity index (χ0v) is 16.9. The fourth-order valence-electron chi connectivity index (χ4n) is 3.39. The number of phenolic OH excluding ortho intramolecular Hbond substituents is 1. The molecule has 0 saturated heterocycles. The zero-order chi connectivity index (χ0) is 21.4. The maximum Gasteiger partial charge on any atom is 0.262 e. The summed E-state index contributed by atoms with van der Waals surface area (Å²) in [6, 6.07) is 13.9. The number of anilines is 1. The van der Waals surface area contributed by atoms with Crippen LogP contribution in [0, 0.1) is 20.8 Å². The molecule has 1 amide bonds.